The van der Waals surface area contributed by atoms with Gasteiger partial charge in [0.05, 0.1) is 11.2 Å². The molecule has 0 spiro atoms. The number of para-hydroxylation sites is 1. The third-order valence-corrected chi connectivity index (χ3v) is 2.98. The summed E-state index contributed by atoms with van der Waals surface area (Å²) >= 11 is 0. The topological polar surface area (TPSA) is 114 Å². The van der Waals surface area contributed by atoms with E-state index in [4.69, 9.17) is 11.5 Å². The molecule has 1 aromatic carbocycles. The third-order valence-electron chi connectivity index (χ3n) is 2.98. The molecule has 0 aliphatic carbocycles. The second-order valence-corrected chi connectivity index (χ2v) is 4.94. The van der Waals surface area contributed by atoms with Crippen molar-refractivity contribution in [3.63, 3.8) is 0 Å². The van der Waals surface area contributed by atoms with Crippen LogP contribution < -0.4 is 16.8 Å². The number of amides is 2. The highest BCUT2D eigenvalue weighted by atomic mass is 16.2. The van der Waals surface area contributed by atoms with Gasteiger partial charge in [-0.1, -0.05) is 12.1 Å². The SMILES string of the molecule is CC(C)(NC(=O)c1cc2cccc(N)c2[nH]1)C(N)=O. The summed E-state index contributed by atoms with van der Waals surface area (Å²) in [5, 5.41) is 3.40. The van der Waals surface area contributed by atoms with E-state index in [0.717, 1.165) is 5.39 Å². The number of nitrogens with one attached hydrogen (secondary N) is 2. The van der Waals surface area contributed by atoms with Crippen LogP contribution in [0.15, 0.2) is 24.3 Å². The molecule has 0 aliphatic rings. The Morgan fingerprint density at radius 3 is 2.58 bits per heavy atom. The van der Waals surface area contributed by atoms with Crippen molar-refractivity contribution < 1.29 is 9.59 Å². The number of rotatable bonds is 3. The highest BCUT2D eigenvalue weighted by Gasteiger charge is 2.27. The lowest BCUT2D eigenvalue weighted by atomic mass is 10.1. The first-order valence-corrected chi connectivity index (χ1v) is 5.81. The largest absolute Gasteiger partial charge is 0.397 e. The zero-order chi connectivity index (χ0) is 14.2. The summed E-state index contributed by atoms with van der Waals surface area (Å²) in [7, 11) is 0. The first kappa shape index (κ1) is 12.9. The van der Waals surface area contributed by atoms with Crippen molar-refractivity contribution in [3.05, 3.63) is 30.0 Å². The molecule has 6 N–H and O–H groups in total. The molecule has 1 heterocycles. The van der Waals surface area contributed by atoms with Crippen LogP contribution in [0.3, 0.4) is 0 Å². The van der Waals surface area contributed by atoms with Crippen LogP contribution in [0.4, 0.5) is 5.69 Å². The second kappa shape index (κ2) is 4.31. The van der Waals surface area contributed by atoms with Crippen molar-refractivity contribution in [2.24, 2.45) is 5.73 Å². The average molecular weight is 260 g/mol. The van der Waals surface area contributed by atoms with E-state index in [9.17, 15) is 9.59 Å². The van der Waals surface area contributed by atoms with Crippen molar-refractivity contribution in [2.45, 2.75) is 19.4 Å². The van der Waals surface area contributed by atoms with Gasteiger partial charge < -0.3 is 21.8 Å². The van der Waals surface area contributed by atoms with Crippen LogP contribution in [0.5, 0.6) is 0 Å². The standard InChI is InChI=1S/C13H16N4O2/c1-13(2,12(15)19)17-11(18)9-6-7-4-3-5-8(14)10(7)16-9/h3-6,16H,14H2,1-2H3,(H2,15,19)(H,17,18). The second-order valence-electron chi connectivity index (χ2n) is 4.94. The molecule has 6 heteroatoms. The fourth-order valence-corrected chi connectivity index (χ4v) is 1.71. The number of nitrogens with two attached hydrogens (primary N) is 2. The minimum Gasteiger partial charge on any atom is -0.397 e. The van der Waals surface area contributed by atoms with Crippen LogP contribution in [0.2, 0.25) is 0 Å². The number of benzene rings is 1. The molecule has 0 radical (unpaired) electrons. The van der Waals surface area contributed by atoms with E-state index in [2.05, 4.69) is 10.3 Å². The Labute approximate surface area is 110 Å². The van der Waals surface area contributed by atoms with Gasteiger partial charge in [0.25, 0.3) is 5.91 Å². The molecule has 0 aliphatic heterocycles. The predicted octanol–water partition coefficient (Wildman–Crippen LogP) is 0.744. The Morgan fingerprint density at radius 2 is 2.00 bits per heavy atom. The average Bonchev–Trinajstić information content (AvgIpc) is 2.73. The minimum atomic E-state index is -1.11. The van der Waals surface area contributed by atoms with Crippen molar-refractivity contribution in [2.75, 3.05) is 5.73 Å². The number of H-pyrrole nitrogens is 1. The Kier molecular flexibility index (Phi) is 2.94. The van der Waals surface area contributed by atoms with E-state index in [1.54, 1.807) is 32.0 Å². The van der Waals surface area contributed by atoms with Gasteiger partial charge in [-0.15, -0.1) is 0 Å². The van der Waals surface area contributed by atoms with Crippen LogP contribution in [0, 0.1) is 0 Å². The van der Waals surface area contributed by atoms with Gasteiger partial charge in [0.15, 0.2) is 0 Å². The van der Waals surface area contributed by atoms with Crippen molar-refractivity contribution in [1.82, 2.24) is 10.3 Å². The Hall–Kier alpha value is -2.50. The van der Waals surface area contributed by atoms with E-state index >= 15 is 0 Å². The number of aromatic nitrogens is 1. The van der Waals surface area contributed by atoms with E-state index in [0.29, 0.717) is 16.9 Å². The van der Waals surface area contributed by atoms with Crippen LogP contribution in [0.25, 0.3) is 10.9 Å². The number of anilines is 1. The van der Waals surface area contributed by atoms with E-state index < -0.39 is 17.4 Å². The summed E-state index contributed by atoms with van der Waals surface area (Å²) in [6, 6.07) is 7.07. The lowest BCUT2D eigenvalue weighted by Gasteiger charge is -2.21. The number of carbonyl (C=O) groups is 2. The molecule has 2 amide bonds. The summed E-state index contributed by atoms with van der Waals surface area (Å²) in [6.07, 6.45) is 0. The number of nitrogen functional groups attached to an aromatic ring is 1. The van der Waals surface area contributed by atoms with Gasteiger partial charge >= 0.3 is 0 Å². The molecule has 2 aromatic rings. The zero-order valence-corrected chi connectivity index (χ0v) is 10.8. The van der Waals surface area contributed by atoms with Crippen molar-refractivity contribution in [1.29, 1.82) is 0 Å². The maximum atomic E-state index is 12.1. The fraction of sp³-hybridized carbons (Fsp3) is 0.231. The van der Waals surface area contributed by atoms with Gasteiger partial charge in [-0.2, -0.15) is 0 Å². The molecule has 1 aromatic heterocycles. The molecule has 0 fully saturated rings. The number of hydrogen-bond donors (Lipinski definition) is 4. The summed E-state index contributed by atoms with van der Waals surface area (Å²) in [4.78, 5) is 26.2. The normalized spacial score (nSPS) is 11.5. The van der Waals surface area contributed by atoms with Gasteiger partial charge in [-0.3, -0.25) is 9.59 Å². The first-order chi connectivity index (χ1) is 8.81. The van der Waals surface area contributed by atoms with Crippen LogP contribution in [0.1, 0.15) is 24.3 Å². The minimum absolute atomic E-state index is 0.335. The summed E-state index contributed by atoms with van der Waals surface area (Å²) in [6.45, 7) is 3.09. The summed E-state index contributed by atoms with van der Waals surface area (Å²) < 4.78 is 0. The highest BCUT2D eigenvalue weighted by Crippen LogP contribution is 2.21. The highest BCUT2D eigenvalue weighted by molar-refractivity contribution is 6.02. The smallest absolute Gasteiger partial charge is 0.268 e. The molecule has 0 unspecified atom stereocenters. The molecular weight excluding hydrogens is 244 g/mol. The van der Waals surface area contributed by atoms with Gasteiger partial charge in [-0.05, 0) is 26.0 Å². The Morgan fingerprint density at radius 1 is 1.32 bits per heavy atom. The van der Waals surface area contributed by atoms with Crippen LogP contribution in [-0.4, -0.2) is 22.3 Å². The van der Waals surface area contributed by atoms with Crippen molar-refractivity contribution >= 4 is 28.4 Å². The summed E-state index contributed by atoms with van der Waals surface area (Å²) in [5.74, 6) is -1.00. The fourth-order valence-electron chi connectivity index (χ4n) is 1.71. The van der Waals surface area contributed by atoms with Crippen molar-refractivity contribution in [3.8, 4) is 0 Å². The van der Waals surface area contributed by atoms with Gasteiger partial charge in [0.1, 0.15) is 11.2 Å². The number of hydrogen-bond acceptors (Lipinski definition) is 3. The number of primary amides is 1. The maximum absolute atomic E-state index is 12.1. The molecule has 100 valence electrons. The van der Waals surface area contributed by atoms with E-state index in [1.807, 2.05) is 6.07 Å². The Bertz CT molecular complexity index is 658. The Balaban J connectivity index is 2.32. The summed E-state index contributed by atoms with van der Waals surface area (Å²) in [5.41, 5.74) is 11.5. The van der Waals surface area contributed by atoms with E-state index in [1.165, 1.54) is 0 Å². The predicted molar refractivity (Wildman–Crippen MR) is 73.5 cm³/mol. The molecule has 2 rings (SSSR count). The zero-order valence-electron chi connectivity index (χ0n) is 10.8. The van der Waals surface area contributed by atoms with Crippen LogP contribution in [-0.2, 0) is 4.79 Å². The lowest BCUT2D eigenvalue weighted by Crippen LogP contribution is -2.53. The van der Waals surface area contributed by atoms with Gasteiger partial charge in [0, 0.05) is 5.39 Å². The quantitative estimate of drug-likeness (QED) is 0.610. The number of fused-ring (bicyclic) bond motifs is 1. The molecular formula is C13H16N4O2. The lowest BCUT2D eigenvalue weighted by molar-refractivity contribution is -0.122. The number of carbonyl (C=O) groups excluding carboxylic acids is 2. The molecule has 0 atom stereocenters. The van der Waals surface area contributed by atoms with Gasteiger partial charge in [-0.25, -0.2) is 0 Å². The van der Waals surface area contributed by atoms with E-state index in [-0.39, 0.29) is 0 Å². The monoisotopic (exact) mass is 260 g/mol. The molecule has 19 heavy (non-hydrogen) atoms. The molecule has 0 bridgehead atoms. The molecule has 6 nitrogen and oxygen atoms in total. The molecule has 0 saturated carbocycles. The maximum Gasteiger partial charge on any atom is 0.268 e. The van der Waals surface area contributed by atoms with Crippen LogP contribution >= 0.6 is 0 Å². The molecule has 0 saturated heterocycles. The first-order valence-electron chi connectivity index (χ1n) is 5.81. The van der Waals surface area contributed by atoms with Gasteiger partial charge in [0.2, 0.25) is 5.91 Å². The third kappa shape index (κ3) is 2.37. The number of aromatic amines is 1.